The molecular weight excluding hydrogens is 244 g/mol. The highest BCUT2D eigenvalue weighted by Crippen LogP contribution is 2.15. The van der Waals surface area contributed by atoms with Crippen LogP contribution in [0.4, 0.5) is 5.69 Å². The molecule has 2 rings (SSSR count). The van der Waals surface area contributed by atoms with Crippen LogP contribution in [0.15, 0.2) is 48.8 Å². The first-order valence-corrected chi connectivity index (χ1v) is 5.78. The van der Waals surface area contributed by atoms with Gasteiger partial charge in [0.15, 0.2) is 18.2 Å². The third-order valence-corrected chi connectivity index (χ3v) is 2.79. The van der Waals surface area contributed by atoms with E-state index < -0.39 is 4.92 Å². The van der Waals surface area contributed by atoms with Crippen LogP contribution in [0, 0.1) is 10.1 Å². The van der Waals surface area contributed by atoms with Gasteiger partial charge in [0, 0.05) is 36.2 Å². The Morgan fingerprint density at radius 2 is 1.95 bits per heavy atom. The Morgan fingerprint density at radius 3 is 2.58 bits per heavy atom. The summed E-state index contributed by atoms with van der Waals surface area (Å²) in [5.41, 5.74) is 1.18. The molecule has 0 unspecified atom stereocenters. The molecule has 0 radical (unpaired) electrons. The van der Waals surface area contributed by atoms with Gasteiger partial charge in [0.1, 0.15) is 7.05 Å². The summed E-state index contributed by atoms with van der Waals surface area (Å²) in [5.74, 6) is -0.127. The van der Waals surface area contributed by atoms with E-state index in [0.29, 0.717) is 5.56 Å². The number of benzene rings is 1. The van der Waals surface area contributed by atoms with Crippen molar-refractivity contribution in [1.29, 1.82) is 0 Å². The number of hydrogen-bond donors (Lipinski definition) is 0. The molecule has 5 heteroatoms. The number of pyridine rings is 1. The molecule has 2 aromatic rings. The molecule has 96 valence electrons. The molecule has 0 amide bonds. The molecule has 0 fully saturated rings. The minimum absolute atomic E-state index is 0.0645. The second kappa shape index (κ2) is 5.39. The van der Waals surface area contributed by atoms with Crippen LogP contribution >= 0.6 is 0 Å². The molecule has 1 aromatic heterocycles. The Morgan fingerprint density at radius 1 is 1.26 bits per heavy atom. The molecule has 0 atom stereocenters. The molecule has 0 saturated heterocycles. The molecule has 0 N–H and O–H groups in total. The lowest BCUT2D eigenvalue weighted by atomic mass is 10.0. The van der Waals surface area contributed by atoms with Gasteiger partial charge in [-0.05, 0) is 5.56 Å². The van der Waals surface area contributed by atoms with E-state index in [2.05, 4.69) is 0 Å². The average Bonchev–Trinajstić information content (AvgIpc) is 2.41. The van der Waals surface area contributed by atoms with Crippen molar-refractivity contribution in [3.8, 4) is 0 Å². The number of nitro benzene ring substituents is 1. The molecule has 0 aliphatic rings. The maximum Gasteiger partial charge on any atom is 0.270 e. The van der Waals surface area contributed by atoms with Gasteiger partial charge in [0.2, 0.25) is 0 Å². The number of aryl methyl sites for hydroxylation is 1. The quantitative estimate of drug-likeness (QED) is 0.363. The summed E-state index contributed by atoms with van der Waals surface area (Å²) in [5, 5.41) is 10.7. The first-order valence-electron chi connectivity index (χ1n) is 5.78. The number of carbonyl (C=O) groups excluding carboxylic acids is 1. The summed E-state index contributed by atoms with van der Waals surface area (Å²) in [6, 6.07) is 9.52. The molecule has 19 heavy (non-hydrogen) atoms. The third kappa shape index (κ3) is 3.22. The number of ketones is 1. The number of rotatable bonds is 4. The minimum Gasteiger partial charge on any atom is -0.294 e. The fraction of sp³-hybridized carbons (Fsp3) is 0.143. The van der Waals surface area contributed by atoms with E-state index >= 15 is 0 Å². The summed E-state index contributed by atoms with van der Waals surface area (Å²) in [6.45, 7) is 0. The molecule has 0 bridgehead atoms. The molecule has 1 aromatic carbocycles. The number of hydrogen-bond acceptors (Lipinski definition) is 3. The van der Waals surface area contributed by atoms with Crippen molar-refractivity contribution >= 4 is 11.5 Å². The van der Waals surface area contributed by atoms with Gasteiger partial charge in [-0.15, -0.1) is 0 Å². The van der Waals surface area contributed by atoms with Gasteiger partial charge in [-0.1, -0.05) is 12.1 Å². The van der Waals surface area contributed by atoms with Crippen molar-refractivity contribution in [2.45, 2.75) is 6.42 Å². The Kier molecular flexibility index (Phi) is 3.66. The number of non-ortho nitro benzene ring substituents is 1. The van der Waals surface area contributed by atoms with Crippen molar-refractivity contribution in [3.05, 3.63) is 70.0 Å². The SMILES string of the molecule is C[n+]1ccc(CC(=O)c2cccc([N+](=O)[O-])c2)cc1. The van der Waals surface area contributed by atoms with Crippen LogP contribution in [-0.2, 0) is 13.5 Å². The summed E-state index contributed by atoms with van der Waals surface area (Å²) >= 11 is 0. The van der Waals surface area contributed by atoms with Crippen LogP contribution in [0.3, 0.4) is 0 Å². The standard InChI is InChI=1S/C14H13N2O3/c1-15-7-5-11(6-8-15)9-14(17)12-3-2-4-13(10-12)16(18)19/h2-8,10H,9H2,1H3/q+1. The average molecular weight is 257 g/mol. The molecular formula is C14H13N2O3+. The highest BCUT2D eigenvalue weighted by molar-refractivity contribution is 5.97. The fourth-order valence-electron chi connectivity index (χ4n) is 1.73. The van der Waals surface area contributed by atoms with Gasteiger partial charge in [0.05, 0.1) is 4.92 Å². The number of aromatic nitrogens is 1. The van der Waals surface area contributed by atoms with Crippen molar-refractivity contribution in [2.24, 2.45) is 7.05 Å². The number of Topliss-reactive ketones (excluding diaryl/α,β-unsaturated/α-hetero) is 1. The van der Waals surface area contributed by atoms with E-state index in [1.54, 1.807) is 6.07 Å². The van der Waals surface area contributed by atoms with Gasteiger partial charge < -0.3 is 0 Å². The molecule has 1 heterocycles. The Balaban J connectivity index is 2.18. The minimum atomic E-state index is -0.501. The fourth-order valence-corrected chi connectivity index (χ4v) is 1.73. The summed E-state index contributed by atoms with van der Waals surface area (Å²) in [6.07, 6.45) is 3.95. The van der Waals surface area contributed by atoms with Crippen LogP contribution in [0.5, 0.6) is 0 Å². The predicted octanol–water partition coefficient (Wildman–Crippen LogP) is 1.84. The van der Waals surface area contributed by atoms with Crippen molar-refractivity contribution in [3.63, 3.8) is 0 Å². The van der Waals surface area contributed by atoms with Crippen LogP contribution in [-0.4, -0.2) is 10.7 Å². The van der Waals surface area contributed by atoms with Crippen molar-refractivity contribution in [1.82, 2.24) is 0 Å². The molecule has 5 nitrogen and oxygen atoms in total. The molecule has 0 aliphatic heterocycles. The number of nitro groups is 1. The highest BCUT2D eigenvalue weighted by atomic mass is 16.6. The van der Waals surface area contributed by atoms with E-state index in [0.717, 1.165) is 5.56 Å². The van der Waals surface area contributed by atoms with Gasteiger partial charge >= 0.3 is 0 Å². The smallest absolute Gasteiger partial charge is 0.270 e. The number of carbonyl (C=O) groups is 1. The van der Waals surface area contributed by atoms with Crippen LogP contribution in [0.2, 0.25) is 0 Å². The zero-order chi connectivity index (χ0) is 13.8. The lowest BCUT2D eigenvalue weighted by molar-refractivity contribution is -0.671. The van der Waals surface area contributed by atoms with Crippen molar-refractivity contribution in [2.75, 3.05) is 0 Å². The van der Waals surface area contributed by atoms with Crippen molar-refractivity contribution < 1.29 is 14.3 Å². The van der Waals surface area contributed by atoms with E-state index in [1.165, 1.54) is 18.2 Å². The second-order valence-electron chi connectivity index (χ2n) is 4.28. The van der Waals surface area contributed by atoms with E-state index in [-0.39, 0.29) is 17.9 Å². The van der Waals surface area contributed by atoms with Gasteiger partial charge in [-0.2, -0.15) is 0 Å². The largest absolute Gasteiger partial charge is 0.294 e. The van der Waals surface area contributed by atoms with Gasteiger partial charge in [0.25, 0.3) is 5.69 Å². The topological polar surface area (TPSA) is 64.1 Å². The molecule has 0 spiro atoms. The first-order chi connectivity index (χ1) is 9.06. The maximum absolute atomic E-state index is 12.0. The van der Waals surface area contributed by atoms with Gasteiger partial charge in [-0.3, -0.25) is 14.9 Å². The Bertz CT molecular complexity index is 621. The number of nitrogens with zero attached hydrogens (tertiary/aromatic N) is 2. The maximum atomic E-state index is 12.0. The molecule has 0 saturated carbocycles. The van der Waals surface area contributed by atoms with E-state index in [4.69, 9.17) is 0 Å². The lowest BCUT2D eigenvalue weighted by Crippen LogP contribution is -2.26. The Hall–Kier alpha value is -2.56. The van der Waals surface area contributed by atoms with Gasteiger partial charge in [-0.25, -0.2) is 4.57 Å². The Labute approximate surface area is 110 Å². The monoisotopic (exact) mass is 257 g/mol. The van der Waals surface area contributed by atoms with E-state index in [9.17, 15) is 14.9 Å². The zero-order valence-electron chi connectivity index (χ0n) is 10.4. The summed E-state index contributed by atoms with van der Waals surface area (Å²) in [4.78, 5) is 22.2. The third-order valence-electron chi connectivity index (χ3n) is 2.79. The summed E-state index contributed by atoms with van der Waals surface area (Å²) < 4.78 is 1.88. The highest BCUT2D eigenvalue weighted by Gasteiger charge is 2.12. The second-order valence-corrected chi connectivity index (χ2v) is 4.28. The predicted molar refractivity (Wildman–Crippen MR) is 68.7 cm³/mol. The van der Waals surface area contributed by atoms with Crippen LogP contribution < -0.4 is 4.57 Å². The zero-order valence-corrected chi connectivity index (χ0v) is 10.4. The van der Waals surface area contributed by atoms with Crippen LogP contribution in [0.1, 0.15) is 15.9 Å². The summed E-state index contributed by atoms with van der Waals surface area (Å²) in [7, 11) is 1.89. The van der Waals surface area contributed by atoms with Crippen LogP contribution in [0.25, 0.3) is 0 Å². The molecule has 0 aliphatic carbocycles. The lowest BCUT2D eigenvalue weighted by Gasteiger charge is -2.01. The normalized spacial score (nSPS) is 10.2. The first kappa shape index (κ1) is 12.9. The van der Waals surface area contributed by atoms with E-state index in [1.807, 2.05) is 36.1 Å².